The van der Waals surface area contributed by atoms with Gasteiger partial charge in [0, 0.05) is 42.2 Å². The molecule has 0 aliphatic heterocycles. The number of carbonyl (C=O) groups excluding carboxylic acids is 1. The van der Waals surface area contributed by atoms with Crippen LogP contribution in [-0.2, 0) is 7.05 Å². The Morgan fingerprint density at radius 2 is 2.13 bits per heavy atom. The number of rotatable bonds is 5. The number of nitrogens with zero attached hydrogens (tertiary/aromatic N) is 3. The Morgan fingerprint density at radius 1 is 1.35 bits per heavy atom. The molecule has 0 fully saturated rings. The lowest BCUT2D eigenvalue weighted by Crippen LogP contribution is -2.27. The van der Waals surface area contributed by atoms with Crippen LogP contribution in [0.25, 0.3) is 11.3 Å². The lowest BCUT2D eigenvalue weighted by Gasteiger charge is -2.10. The molecule has 5 nitrogen and oxygen atoms in total. The van der Waals surface area contributed by atoms with Gasteiger partial charge < -0.3 is 5.32 Å². The van der Waals surface area contributed by atoms with E-state index in [0.29, 0.717) is 12.1 Å². The number of amides is 1. The molecule has 1 atom stereocenters. The van der Waals surface area contributed by atoms with E-state index in [1.807, 2.05) is 49.0 Å². The number of aromatic nitrogens is 3. The van der Waals surface area contributed by atoms with Gasteiger partial charge >= 0.3 is 0 Å². The SMILES string of the molecule is C[C@H](CNC(=O)c1ccccc1)c1nc(-c2cnn(C)c2)cs1. The third kappa shape index (κ3) is 3.65. The van der Waals surface area contributed by atoms with Crippen molar-refractivity contribution in [1.29, 1.82) is 0 Å². The van der Waals surface area contributed by atoms with E-state index < -0.39 is 0 Å². The molecule has 2 heterocycles. The van der Waals surface area contributed by atoms with Gasteiger partial charge in [0.1, 0.15) is 0 Å². The average molecular weight is 326 g/mol. The Balaban J connectivity index is 1.62. The van der Waals surface area contributed by atoms with E-state index in [-0.39, 0.29) is 11.8 Å². The molecule has 23 heavy (non-hydrogen) atoms. The van der Waals surface area contributed by atoms with Crippen LogP contribution in [0.15, 0.2) is 48.1 Å². The van der Waals surface area contributed by atoms with Crippen molar-refractivity contribution in [3.05, 3.63) is 58.7 Å². The minimum atomic E-state index is -0.0542. The monoisotopic (exact) mass is 326 g/mol. The summed E-state index contributed by atoms with van der Waals surface area (Å²) in [4.78, 5) is 16.7. The summed E-state index contributed by atoms with van der Waals surface area (Å²) < 4.78 is 1.76. The molecule has 0 unspecified atom stereocenters. The van der Waals surface area contributed by atoms with Gasteiger partial charge in [0.15, 0.2) is 0 Å². The van der Waals surface area contributed by atoms with E-state index in [1.54, 1.807) is 22.2 Å². The van der Waals surface area contributed by atoms with Crippen LogP contribution in [0.2, 0.25) is 0 Å². The van der Waals surface area contributed by atoms with Crippen LogP contribution in [0.4, 0.5) is 0 Å². The maximum Gasteiger partial charge on any atom is 0.251 e. The molecule has 1 N–H and O–H groups in total. The topological polar surface area (TPSA) is 59.8 Å². The number of thiazole rings is 1. The number of hydrogen-bond acceptors (Lipinski definition) is 4. The van der Waals surface area contributed by atoms with Crippen molar-refractivity contribution in [3.8, 4) is 11.3 Å². The number of benzene rings is 1. The molecule has 0 bridgehead atoms. The van der Waals surface area contributed by atoms with Crippen molar-refractivity contribution in [1.82, 2.24) is 20.1 Å². The molecule has 3 aromatic rings. The quantitative estimate of drug-likeness (QED) is 0.784. The first-order valence-corrected chi connectivity index (χ1v) is 8.29. The van der Waals surface area contributed by atoms with Gasteiger partial charge in [-0.15, -0.1) is 11.3 Å². The number of nitrogens with one attached hydrogen (secondary N) is 1. The molecular weight excluding hydrogens is 308 g/mol. The lowest BCUT2D eigenvalue weighted by molar-refractivity contribution is 0.0951. The van der Waals surface area contributed by atoms with E-state index >= 15 is 0 Å². The maximum absolute atomic E-state index is 12.1. The molecule has 1 amide bonds. The molecule has 0 spiro atoms. The third-order valence-corrected chi connectivity index (χ3v) is 4.63. The summed E-state index contributed by atoms with van der Waals surface area (Å²) in [5.41, 5.74) is 2.62. The van der Waals surface area contributed by atoms with Crippen molar-refractivity contribution < 1.29 is 4.79 Å². The Hall–Kier alpha value is -2.47. The smallest absolute Gasteiger partial charge is 0.251 e. The summed E-state index contributed by atoms with van der Waals surface area (Å²) in [6.45, 7) is 2.63. The summed E-state index contributed by atoms with van der Waals surface area (Å²) in [6.07, 6.45) is 3.75. The zero-order chi connectivity index (χ0) is 16.2. The summed E-state index contributed by atoms with van der Waals surface area (Å²) in [5.74, 6) is 0.111. The second-order valence-corrected chi connectivity index (χ2v) is 6.34. The third-order valence-electron chi connectivity index (χ3n) is 3.55. The first-order valence-electron chi connectivity index (χ1n) is 7.41. The van der Waals surface area contributed by atoms with Crippen molar-refractivity contribution >= 4 is 17.2 Å². The predicted molar refractivity (Wildman–Crippen MR) is 91.5 cm³/mol. The van der Waals surface area contributed by atoms with Crippen molar-refractivity contribution in [3.63, 3.8) is 0 Å². The highest BCUT2D eigenvalue weighted by Crippen LogP contribution is 2.25. The number of aryl methyl sites for hydroxylation is 1. The molecule has 118 valence electrons. The van der Waals surface area contributed by atoms with Crippen LogP contribution in [0.1, 0.15) is 28.2 Å². The average Bonchev–Trinajstić information content (AvgIpc) is 3.22. The first-order chi connectivity index (χ1) is 11.1. The summed E-state index contributed by atoms with van der Waals surface area (Å²) in [7, 11) is 1.89. The van der Waals surface area contributed by atoms with Crippen molar-refractivity contribution in [2.75, 3.05) is 6.54 Å². The Bertz CT molecular complexity index is 794. The standard InChI is InChI=1S/C17H18N4OS/c1-12(8-18-16(22)13-6-4-3-5-7-13)17-20-15(11-23-17)14-9-19-21(2)10-14/h3-7,9-12H,8H2,1-2H3,(H,18,22)/t12-/m1/s1. The minimum absolute atomic E-state index is 0.0542. The van der Waals surface area contributed by atoms with E-state index in [4.69, 9.17) is 0 Å². The van der Waals surface area contributed by atoms with Gasteiger partial charge in [0.2, 0.25) is 0 Å². The second kappa shape index (κ2) is 6.75. The Kier molecular flexibility index (Phi) is 4.52. The summed E-state index contributed by atoms with van der Waals surface area (Å²) >= 11 is 1.61. The van der Waals surface area contributed by atoms with Gasteiger partial charge in [-0.3, -0.25) is 9.48 Å². The van der Waals surface area contributed by atoms with Gasteiger partial charge in [-0.2, -0.15) is 5.10 Å². The Morgan fingerprint density at radius 3 is 2.83 bits per heavy atom. The fourth-order valence-electron chi connectivity index (χ4n) is 2.22. The molecule has 0 radical (unpaired) electrons. The van der Waals surface area contributed by atoms with E-state index in [2.05, 4.69) is 22.3 Å². The highest BCUT2D eigenvalue weighted by Gasteiger charge is 2.14. The van der Waals surface area contributed by atoms with Gasteiger partial charge in [-0.05, 0) is 12.1 Å². The van der Waals surface area contributed by atoms with Crippen LogP contribution >= 0.6 is 11.3 Å². The molecule has 1 aromatic carbocycles. The summed E-state index contributed by atoms with van der Waals surface area (Å²) in [5, 5.41) is 10.2. The lowest BCUT2D eigenvalue weighted by atomic mass is 10.1. The Labute approximate surface area is 139 Å². The van der Waals surface area contributed by atoms with E-state index in [0.717, 1.165) is 16.3 Å². The fourth-order valence-corrected chi connectivity index (χ4v) is 3.11. The molecule has 0 aliphatic rings. The number of carbonyl (C=O) groups is 1. The zero-order valence-electron chi connectivity index (χ0n) is 13.1. The predicted octanol–water partition coefficient (Wildman–Crippen LogP) is 3.08. The van der Waals surface area contributed by atoms with E-state index in [1.165, 1.54) is 0 Å². The van der Waals surface area contributed by atoms with Crippen LogP contribution < -0.4 is 5.32 Å². The molecule has 0 saturated heterocycles. The van der Waals surface area contributed by atoms with Gasteiger partial charge in [0.05, 0.1) is 16.9 Å². The van der Waals surface area contributed by atoms with Crippen LogP contribution in [0.3, 0.4) is 0 Å². The second-order valence-electron chi connectivity index (χ2n) is 5.45. The number of hydrogen-bond donors (Lipinski definition) is 1. The molecule has 0 aliphatic carbocycles. The van der Waals surface area contributed by atoms with Crippen LogP contribution in [-0.4, -0.2) is 27.2 Å². The van der Waals surface area contributed by atoms with Gasteiger partial charge in [0.25, 0.3) is 5.91 Å². The summed E-state index contributed by atoms with van der Waals surface area (Å²) in [6, 6.07) is 9.24. The van der Waals surface area contributed by atoms with Gasteiger partial charge in [-0.25, -0.2) is 4.98 Å². The molecule has 3 rings (SSSR count). The van der Waals surface area contributed by atoms with E-state index in [9.17, 15) is 4.79 Å². The van der Waals surface area contributed by atoms with Crippen LogP contribution in [0, 0.1) is 0 Å². The van der Waals surface area contributed by atoms with Crippen molar-refractivity contribution in [2.24, 2.45) is 7.05 Å². The van der Waals surface area contributed by atoms with Crippen molar-refractivity contribution in [2.45, 2.75) is 12.8 Å². The fraction of sp³-hybridized carbons (Fsp3) is 0.235. The van der Waals surface area contributed by atoms with Gasteiger partial charge in [-0.1, -0.05) is 25.1 Å². The molecule has 2 aromatic heterocycles. The maximum atomic E-state index is 12.1. The highest BCUT2D eigenvalue weighted by molar-refractivity contribution is 7.10. The first kappa shape index (κ1) is 15.4. The largest absolute Gasteiger partial charge is 0.351 e. The normalized spacial score (nSPS) is 12.1. The van der Waals surface area contributed by atoms with Crippen LogP contribution in [0.5, 0.6) is 0 Å². The molecule has 6 heteroatoms. The molecule has 0 saturated carbocycles. The molecular formula is C17H18N4OS. The highest BCUT2D eigenvalue weighted by atomic mass is 32.1. The zero-order valence-corrected chi connectivity index (χ0v) is 13.9. The minimum Gasteiger partial charge on any atom is -0.351 e.